The van der Waals surface area contributed by atoms with Gasteiger partial charge in [-0.2, -0.15) is 0 Å². The van der Waals surface area contributed by atoms with E-state index in [4.69, 9.17) is 4.98 Å². The summed E-state index contributed by atoms with van der Waals surface area (Å²) < 4.78 is 2.35. The molecule has 2 aromatic carbocycles. The predicted molar refractivity (Wildman–Crippen MR) is 135 cm³/mol. The average Bonchev–Trinajstić information content (AvgIpc) is 3.44. The van der Waals surface area contributed by atoms with Gasteiger partial charge in [-0.3, -0.25) is 14.2 Å². The molecule has 0 saturated heterocycles. The summed E-state index contributed by atoms with van der Waals surface area (Å²) in [5.74, 6) is 0.173. The lowest BCUT2D eigenvalue weighted by Crippen LogP contribution is -2.29. The van der Waals surface area contributed by atoms with E-state index in [1.54, 1.807) is 4.57 Å². The van der Waals surface area contributed by atoms with Crippen LogP contribution in [0.3, 0.4) is 0 Å². The minimum Gasteiger partial charge on any atom is -0.349 e. The van der Waals surface area contributed by atoms with Crippen LogP contribution in [-0.2, 0) is 17.8 Å². The molecular weight excluding hydrogens is 450 g/mol. The molecule has 1 amide bonds. The van der Waals surface area contributed by atoms with Crippen LogP contribution < -0.4 is 10.9 Å². The molecule has 0 saturated carbocycles. The fraction of sp³-hybridized carbons (Fsp3) is 0.269. The molecule has 4 aromatic rings. The van der Waals surface area contributed by atoms with Crippen LogP contribution >= 0.6 is 23.1 Å². The number of hydrogen-bond donors (Lipinski definition) is 1. The van der Waals surface area contributed by atoms with Crippen molar-refractivity contribution < 1.29 is 4.79 Å². The molecule has 0 spiro atoms. The van der Waals surface area contributed by atoms with Gasteiger partial charge >= 0.3 is 0 Å². The number of nitrogens with one attached hydrogen (secondary N) is 1. The molecule has 5 rings (SSSR count). The zero-order valence-electron chi connectivity index (χ0n) is 18.6. The van der Waals surface area contributed by atoms with Crippen LogP contribution in [0.1, 0.15) is 40.3 Å². The van der Waals surface area contributed by atoms with Crippen molar-refractivity contribution >= 4 is 39.2 Å². The van der Waals surface area contributed by atoms with E-state index in [-0.39, 0.29) is 23.3 Å². The number of rotatable bonds is 6. The van der Waals surface area contributed by atoms with Gasteiger partial charge in [0.05, 0.1) is 23.9 Å². The SMILES string of the molecule is Cc1ccc(Cn2c(SCC(=O)N[C@@H]3CCc4ccccc43)nc3ccsc3c2=O)cc1C. The van der Waals surface area contributed by atoms with Gasteiger partial charge in [0.1, 0.15) is 4.70 Å². The number of nitrogens with zero attached hydrogens (tertiary/aromatic N) is 2. The van der Waals surface area contributed by atoms with Crippen molar-refractivity contribution in [1.82, 2.24) is 14.9 Å². The summed E-state index contributed by atoms with van der Waals surface area (Å²) >= 11 is 2.73. The molecule has 0 aliphatic heterocycles. The molecule has 1 atom stereocenters. The number of hydrogen-bond acceptors (Lipinski definition) is 5. The summed E-state index contributed by atoms with van der Waals surface area (Å²) in [5.41, 5.74) is 6.61. The Morgan fingerprint density at radius 2 is 2.03 bits per heavy atom. The fourth-order valence-corrected chi connectivity index (χ4v) is 5.92. The van der Waals surface area contributed by atoms with E-state index in [9.17, 15) is 9.59 Å². The molecule has 1 aliphatic rings. The largest absolute Gasteiger partial charge is 0.349 e. The van der Waals surface area contributed by atoms with E-state index >= 15 is 0 Å². The molecule has 168 valence electrons. The van der Waals surface area contributed by atoms with Gasteiger partial charge in [0.25, 0.3) is 5.56 Å². The van der Waals surface area contributed by atoms with E-state index in [0.717, 1.165) is 18.4 Å². The number of fused-ring (bicyclic) bond motifs is 2. The van der Waals surface area contributed by atoms with Crippen LogP contribution in [0, 0.1) is 13.8 Å². The zero-order chi connectivity index (χ0) is 22.9. The highest BCUT2D eigenvalue weighted by Crippen LogP contribution is 2.31. The van der Waals surface area contributed by atoms with Crippen LogP contribution in [0.2, 0.25) is 0 Å². The Labute approximate surface area is 200 Å². The van der Waals surface area contributed by atoms with E-state index in [1.165, 1.54) is 45.4 Å². The Balaban J connectivity index is 1.37. The molecule has 0 fully saturated rings. The Morgan fingerprint density at radius 1 is 1.18 bits per heavy atom. The number of carbonyl (C=O) groups is 1. The highest BCUT2D eigenvalue weighted by Gasteiger charge is 2.23. The number of carbonyl (C=O) groups excluding carboxylic acids is 1. The van der Waals surface area contributed by atoms with E-state index in [1.807, 2.05) is 29.6 Å². The molecule has 1 aliphatic carbocycles. The third-order valence-electron chi connectivity index (χ3n) is 6.24. The fourth-order valence-electron chi connectivity index (χ4n) is 4.33. The summed E-state index contributed by atoms with van der Waals surface area (Å²) in [4.78, 5) is 30.8. The number of aromatic nitrogens is 2. The van der Waals surface area contributed by atoms with Crippen molar-refractivity contribution in [3.05, 3.63) is 92.1 Å². The highest BCUT2D eigenvalue weighted by atomic mass is 32.2. The first-order valence-electron chi connectivity index (χ1n) is 11.0. The zero-order valence-corrected chi connectivity index (χ0v) is 20.3. The van der Waals surface area contributed by atoms with Gasteiger partial charge in [0.15, 0.2) is 5.16 Å². The van der Waals surface area contributed by atoms with Gasteiger partial charge in [0, 0.05) is 0 Å². The Morgan fingerprint density at radius 3 is 2.88 bits per heavy atom. The van der Waals surface area contributed by atoms with Crippen molar-refractivity contribution in [2.24, 2.45) is 0 Å². The van der Waals surface area contributed by atoms with E-state index < -0.39 is 0 Å². The molecule has 0 radical (unpaired) electrons. The molecule has 2 aromatic heterocycles. The number of thioether (sulfide) groups is 1. The molecule has 0 unspecified atom stereocenters. The predicted octanol–water partition coefficient (Wildman–Crippen LogP) is 5.02. The highest BCUT2D eigenvalue weighted by molar-refractivity contribution is 7.99. The first kappa shape index (κ1) is 21.9. The number of amides is 1. The van der Waals surface area contributed by atoms with Crippen LogP contribution in [0.15, 0.2) is 63.9 Å². The topological polar surface area (TPSA) is 64.0 Å². The first-order chi connectivity index (χ1) is 16.0. The lowest BCUT2D eigenvalue weighted by Gasteiger charge is -2.15. The maximum atomic E-state index is 13.2. The Hall–Kier alpha value is -2.90. The molecule has 2 heterocycles. The lowest BCUT2D eigenvalue weighted by atomic mass is 10.1. The first-order valence-corrected chi connectivity index (χ1v) is 12.9. The average molecular weight is 476 g/mol. The number of thiophene rings is 1. The van der Waals surface area contributed by atoms with Crippen molar-refractivity contribution in [2.75, 3.05) is 5.75 Å². The van der Waals surface area contributed by atoms with Crippen molar-refractivity contribution in [3.8, 4) is 0 Å². The van der Waals surface area contributed by atoms with Crippen molar-refractivity contribution in [1.29, 1.82) is 0 Å². The minimum atomic E-state index is -0.0548. The molecule has 1 N–H and O–H groups in total. The molecule has 5 nitrogen and oxygen atoms in total. The standard InChI is InChI=1S/C26H25N3O2S2/c1-16-7-8-18(13-17(16)2)14-29-25(31)24-22(11-12-32-24)28-26(29)33-15-23(30)27-21-10-9-19-5-3-4-6-20(19)21/h3-8,11-13,21H,9-10,14-15H2,1-2H3,(H,27,30)/t21-/m1/s1. The number of aryl methyl sites for hydroxylation is 3. The second-order valence-electron chi connectivity index (χ2n) is 8.49. The van der Waals surface area contributed by atoms with Crippen LogP contribution in [0.5, 0.6) is 0 Å². The summed E-state index contributed by atoms with van der Waals surface area (Å²) in [6.07, 6.45) is 1.91. The van der Waals surface area contributed by atoms with Crippen LogP contribution in [0.25, 0.3) is 10.2 Å². The summed E-state index contributed by atoms with van der Waals surface area (Å²) in [7, 11) is 0. The quantitative estimate of drug-likeness (QED) is 0.314. The van der Waals surface area contributed by atoms with E-state index in [0.29, 0.717) is 21.9 Å². The van der Waals surface area contributed by atoms with E-state index in [2.05, 4.69) is 43.4 Å². The summed E-state index contributed by atoms with van der Waals surface area (Å²) in [6, 6.07) is 16.4. The Kier molecular flexibility index (Phi) is 6.08. The lowest BCUT2D eigenvalue weighted by molar-refractivity contribution is -0.119. The minimum absolute atomic E-state index is 0.0425. The molecular formula is C26H25N3O2S2. The Bertz CT molecular complexity index is 1410. The van der Waals surface area contributed by atoms with Gasteiger partial charge in [-0.1, -0.05) is 54.2 Å². The summed E-state index contributed by atoms with van der Waals surface area (Å²) in [5, 5.41) is 5.62. The number of benzene rings is 2. The van der Waals surface area contributed by atoms with Gasteiger partial charge in [-0.05, 0) is 66.0 Å². The maximum absolute atomic E-state index is 13.2. The monoisotopic (exact) mass is 475 g/mol. The smallest absolute Gasteiger partial charge is 0.272 e. The second-order valence-corrected chi connectivity index (χ2v) is 10.3. The summed E-state index contributed by atoms with van der Waals surface area (Å²) in [6.45, 7) is 4.58. The normalized spacial score (nSPS) is 15.0. The van der Waals surface area contributed by atoms with Crippen LogP contribution in [-0.4, -0.2) is 21.2 Å². The van der Waals surface area contributed by atoms with Gasteiger partial charge < -0.3 is 5.32 Å². The molecule has 0 bridgehead atoms. The van der Waals surface area contributed by atoms with Crippen molar-refractivity contribution in [2.45, 2.75) is 44.4 Å². The van der Waals surface area contributed by atoms with Gasteiger partial charge in [0.2, 0.25) is 5.91 Å². The maximum Gasteiger partial charge on any atom is 0.272 e. The van der Waals surface area contributed by atoms with Crippen LogP contribution in [0.4, 0.5) is 0 Å². The third kappa shape index (κ3) is 4.48. The molecule has 33 heavy (non-hydrogen) atoms. The second kappa shape index (κ2) is 9.15. The molecule has 7 heteroatoms. The third-order valence-corrected chi connectivity index (χ3v) is 8.11. The van der Waals surface area contributed by atoms with Gasteiger partial charge in [-0.15, -0.1) is 11.3 Å². The van der Waals surface area contributed by atoms with Crippen molar-refractivity contribution in [3.63, 3.8) is 0 Å². The van der Waals surface area contributed by atoms with Gasteiger partial charge in [-0.25, -0.2) is 4.98 Å².